The van der Waals surface area contributed by atoms with Crippen LogP contribution < -0.4 is 10.6 Å². The molecule has 6 heteroatoms. The van der Waals surface area contributed by atoms with Crippen molar-refractivity contribution in [2.45, 2.75) is 32.2 Å². The highest BCUT2D eigenvalue weighted by molar-refractivity contribution is 5.79. The summed E-state index contributed by atoms with van der Waals surface area (Å²) < 4.78 is 27.1. The van der Waals surface area contributed by atoms with Gasteiger partial charge in [0.15, 0.2) is 5.96 Å². The fourth-order valence-corrected chi connectivity index (χ4v) is 3.05. The number of nitrogens with one attached hydrogen (secondary N) is 2. The van der Waals surface area contributed by atoms with Crippen LogP contribution in [0.3, 0.4) is 0 Å². The standard InChI is InChI=1S/C17H26F2N4/c1-3-23-11-5-6-13(23)12-22-17(20-2)21-10-9-14-15(18)7-4-8-16(14)19/h4,7-8,13H,3,5-6,9-12H2,1-2H3,(H2,20,21,22). The summed E-state index contributed by atoms with van der Waals surface area (Å²) in [6.07, 6.45) is 2.71. The molecular formula is C17H26F2N4. The largest absolute Gasteiger partial charge is 0.356 e. The maximum atomic E-state index is 13.6. The molecule has 0 radical (unpaired) electrons. The van der Waals surface area contributed by atoms with Crippen LogP contribution in [0.2, 0.25) is 0 Å². The zero-order chi connectivity index (χ0) is 16.7. The second-order valence-corrected chi connectivity index (χ2v) is 5.75. The quantitative estimate of drug-likeness (QED) is 0.622. The minimum atomic E-state index is -0.501. The lowest BCUT2D eigenvalue weighted by Gasteiger charge is -2.24. The van der Waals surface area contributed by atoms with Gasteiger partial charge in [-0.15, -0.1) is 0 Å². The van der Waals surface area contributed by atoms with Gasteiger partial charge in [0.2, 0.25) is 0 Å². The number of guanidine groups is 1. The first-order valence-corrected chi connectivity index (χ1v) is 8.27. The Kier molecular flexibility index (Phi) is 6.77. The Bertz CT molecular complexity index is 513. The van der Waals surface area contributed by atoms with E-state index in [-0.39, 0.29) is 12.0 Å². The number of likely N-dealkylation sites (tertiary alicyclic amines) is 1. The molecule has 2 rings (SSSR count). The summed E-state index contributed by atoms with van der Waals surface area (Å²) in [7, 11) is 1.70. The van der Waals surface area contributed by atoms with E-state index in [1.807, 2.05) is 0 Å². The van der Waals surface area contributed by atoms with Crippen LogP contribution in [0.15, 0.2) is 23.2 Å². The van der Waals surface area contributed by atoms with E-state index in [9.17, 15) is 8.78 Å². The van der Waals surface area contributed by atoms with Gasteiger partial charge in [-0.25, -0.2) is 8.78 Å². The summed E-state index contributed by atoms with van der Waals surface area (Å²) in [5.74, 6) is -0.330. The molecule has 1 fully saturated rings. The minimum Gasteiger partial charge on any atom is -0.356 e. The Labute approximate surface area is 137 Å². The van der Waals surface area contributed by atoms with Gasteiger partial charge in [-0.3, -0.25) is 9.89 Å². The van der Waals surface area contributed by atoms with Crippen LogP contribution in [0.25, 0.3) is 0 Å². The van der Waals surface area contributed by atoms with E-state index in [2.05, 4.69) is 27.4 Å². The normalized spacial score (nSPS) is 19.1. The van der Waals surface area contributed by atoms with Gasteiger partial charge >= 0.3 is 0 Å². The number of halogens is 2. The molecule has 128 valence electrons. The predicted octanol–water partition coefficient (Wildman–Crippen LogP) is 2.16. The summed E-state index contributed by atoms with van der Waals surface area (Å²) >= 11 is 0. The van der Waals surface area contributed by atoms with Crippen LogP contribution in [0.5, 0.6) is 0 Å². The molecule has 1 saturated heterocycles. The van der Waals surface area contributed by atoms with Crippen molar-refractivity contribution in [3.05, 3.63) is 35.4 Å². The fraction of sp³-hybridized carbons (Fsp3) is 0.588. The van der Waals surface area contributed by atoms with Crippen molar-refractivity contribution in [1.82, 2.24) is 15.5 Å². The average molecular weight is 324 g/mol. The van der Waals surface area contributed by atoms with Crippen molar-refractivity contribution in [2.75, 3.05) is 33.2 Å². The number of rotatable bonds is 6. The van der Waals surface area contributed by atoms with E-state index in [1.165, 1.54) is 31.0 Å². The maximum absolute atomic E-state index is 13.6. The third-order valence-corrected chi connectivity index (χ3v) is 4.36. The van der Waals surface area contributed by atoms with Crippen LogP contribution >= 0.6 is 0 Å². The van der Waals surface area contributed by atoms with Crippen molar-refractivity contribution in [3.8, 4) is 0 Å². The van der Waals surface area contributed by atoms with Gasteiger partial charge in [0.25, 0.3) is 0 Å². The van der Waals surface area contributed by atoms with Gasteiger partial charge < -0.3 is 10.6 Å². The smallest absolute Gasteiger partial charge is 0.191 e. The van der Waals surface area contributed by atoms with E-state index in [0.717, 1.165) is 19.6 Å². The second kappa shape index (κ2) is 8.82. The van der Waals surface area contributed by atoms with E-state index in [0.29, 0.717) is 18.5 Å². The summed E-state index contributed by atoms with van der Waals surface area (Å²) in [6, 6.07) is 4.47. The lowest BCUT2D eigenvalue weighted by molar-refractivity contribution is 0.267. The summed E-state index contributed by atoms with van der Waals surface area (Å²) in [5, 5.41) is 6.42. The Balaban J connectivity index is 1.77. The highest BCUT2D eigenvalue weighted by Gasteiger charge is 2.22. The van der Waals surface area contributed by atoms with E-state index in [4.69, 9.17) is 0 Å². The van der Waals surface area contributed by atoms with Crippen molar-refractivity contribution < 1.29 is 8.78 Å². The van der Waals surface area contributed by atoms with Gasteiger partial charge in [-0.2, -0.15) is 0 Å². The number of aliphatic imine (C=N–C) groups is 1. The zero-order valence-electron chi connectivity index (χ0n) is 13.9. The molecule has 0 spiro atoms. The summed E-state index contributed by atoms with van der Waals surface area (Å²) in [5.41, 5.74) is 0.114. The molecule has 0 saturated carbocycles. The topological polar surface area (TPSA) is 39.7 Å². The molecular weight excluding hydrogens is 298 g/mol. The predicted molar refractivity (Wildman–Crippen MR) is 89.7 cm³/mol. The lowest BCUT2D eigenvalue weighted by atomic mass is 10.1. The molecule has 1 aliphatic heterocycles. The Hall–Kier alpha value is -1.69. The Morgan fingerprint density at radius 3 is 2.70 bits per heavy atom. The molecule has 23 heavy (non-hydrogen) atoms. The molecule has 0 aliphatic carbocycles. The second-order valence-electron chi connectivity index (χ2n) is 5.75. The van der Waals surface area contributed by atoms with Crippen molar-refractivity contribution >= 4 is 5.96 Å². The van der Waals surface area contributed by atoms with Gasteiger partial charge in [-0.1, -0.05) is 13.0 Å². The highest BCUT2D eigenvalue weighted by atomic mass is 19.1. The first-order valence-electron chi connectivity index (χ1n) is 8.27. The van der Waals surface area contributed by atoms with E-state index in [1.54, 1.807) is 7.05 Å². The zero-order valence-corrected chi connectivity index (χ0v) is 13.9. The molecule has 4 nitrogen and oxygen atoms in total. The first kappa shape index (κ1) is 17.7. The van der Waals surface area contributed by atoms with Gasteiger partial charge in [0.1, 0.15) is 11.6 Å². The molecule has 1 aliphatic rings. The van der Waals surface area contributed by atoms with Crippen LogP contribution in [-0.4, -0.2) is 50.1 Å². The molecule has 1 aromatic carbocycles. The van der Waals surface area contributed by atoms with Crippen LogP contribution in [0, 0.1) is 11.6 Å². The van der Waals surface area contributed by atoms with Crippen molar-refractivity contribution in [3.63, 3.8) is 0 Å². The highest BCUT2D eigenvalue weighted by Crippen LogP contribution is 2.15. The molecule has 1 atom stereocenters. The third-order valence-electron chi connectivity index (χ3n) is 4.36. The van der Waals surface area contributed by atoms with Gasteiger partial charge in [-0.05, 0) is 44.5 Å². The number of hydrogen-bond acceptors (Lipinski definition) is 2. The molecule has 1 heterocycles. The van der Waals surface area contributed by atoms with Gasteiger partial charge in [0.05, 0.1) is 0 Å². The lowest BCUT2D eigenvalue weighted by Crippen LogP contribution is -2.45. The van der Waals surface area contributed by atoms with Crippen LogP contribution in [-0.2, 0) is 6.42 Å². The fourth-order valence-electron chi connectivity index (χ4n) is 3.05. The monoisotopic (exact) mass is 324 g/mol. The van der Waals surface area contributed by atoms with Crippen molar-refractivity contribution in [1.29, 1.82) is 0 Å². The van der Waals surface area contributed by atoms with Crippen LogP contribution in [0.1, 0.15) is 25.3 Å². The Morgan fingerprint density at radius 1 is 1.30 bits per heavy atom. The molecule has 0 bridgehead atoms. The maximum Gasteiger partial charge on any atom is 0.191 e. The van der Waals surface area contributed by atoms with Crippen molar-refractivity contribution in [2.24, 2.45) is 4.99 Å². The average Bonchev–Trinajstić information content (AvgIpc) is 3.00. The van der Waals surface area contributed by atoms with E-state index >= 15 is 0 Å². The summed E-state index contributed by atoms with van der Waals surface area (Å²) in [6.45, 7) is 5.65. The number of nitrogens with zero attached hydrogens (tertiary/aromatic N) is 2. The minimum absolute atomic E-state index is 0.114. The molecule has 0 amide bonds. The number of hydrogen-bond donors (Lipinski definition) is 2. The molecule has 1 aromatic rings. The van der Waals surface area contributed by atoms with Crippen LogP contribution in [0.4, 0.5) is 8.78 Å². The third kappa shape index (κ3) is 4.89. The summed E-state index contributed by atoms with van der Waals surface area (Å²) in [4.78, 5) is 6.62. The first-order chi connectivity index (χ1) is 11.2. The molecule has 2 N–H and O–H groups in total. The number of benzene rings is 1. The SMILES string of the molecule is CCN1CCCC1CNC(=NC)NCCc1c(F)cccc1F. The van der Waals surface area contributed by atoms with E-state index < -0.39 is 11.6 Å². The molecule has 1 unspecified atom stereocenters. The van der Waals surface area contributed by atoms with Gasteiger partial charge in [0, 0.05) is 31.7 Å². The molecule has 0 aromatic heterocycles. The Morgan fingerprint density at radius 2 is 2.04 bits per heavy atom. The number of likely N-dealkylation sites (N-methyl/N-ethyl adjacent to an activating group) is 1.